The number of nitrogens with one attached hydrogen (secondary N) is 2. The number of carbonyl (C=O) groups excluding carboxylic acids is 1. The topological polar surface area (TPSA) is 78.5 Å². The predicted molar refractivity (Wildman–Crippen MR) is 109 cm³/mol. The highest BCUT2D eigenvalue weighted by molar-refractivity contribution is 7.88. The Labute approximate surface area is 168 Å². The Hall–Kier alpha value is -1.15. The van der Waals surface area contributed by atoms with Crippen LogP contribution in [0.1, 0.15) is 37.7 Å². The maximum Gasteiger partial charge on any atom is 0.220 e. The highest BCUT2D eigenvalue weighted by Gasteiger charge is 2.28. The molecule has 2 aliphatic rings. The predicted octanol–water partition coefficient (Wildman–Crippen LogP) is 1.91. The van der Waals surface area contributed by atoms with E-state index < -0.39 is 10.0 Å². The minimum absolute atomic E-state index is 0. The fraction of sp³-hybridized carbons (Fsp3) is 0.632. The van der Waals surface area contributed by atoms with Crippen molar-refractivity contribution in [1.29, 1.82) is 0 Å². The number of carbonyl (C=O) groups is 1. The number of amides is 1. The quantitative estimate of drug-likeness (QED) is 0.713. The number of rotatable bonds is 7. The van der Waals surface area contributed by atoms with E-state index in [1.165, 1.54) is 0 Å². The maximum atomic E-state index is 12.6. The zero-order chi connectivity index (χ0) is 18.4. The minimum Gasteiger partial charge on any atom is -0.353 e. The SMILES string of the molecule is Cl.O=C(CCC1CCNC1)NC1CCN(S(=O)(=O)Cc2ccccc2)CC1. The molecule has 2 fully saturated rings. The second-order valence-electron chi connectivity index (χ2n) is 7.38. The molecule has 0 radical (unpaired) electrons. The number of hydrogen-bond acceptors (Lipinski definition) is 4. The number of nitrogens with zero attached hydrogens (tertiary/aromatic N) is 1. The smallest absolute Gasteiger partial charge is 0.220 e. The van der Waals surface area contributed by atoms with Crippen LogP contribution >= 0.6 is 12.4 Å². The first-order valence-corrected chi connectivity index (χ1v) is 11.2. The third-order valence-electron chi connectivity index (χ3n) is 5.35. The molecule has 0 aliphatic carbocycles. The molecule has 2 aliphatic heterocycles. The van der Waals surface area contributed by atoms with Crippen LogP contribution in [-0.2, 0) is 20.6 Å². The number of hydrogen-bond donors (Lipinski definition) is 2. The summed E-state index contributed by atoms with van der Waals surface area (Å²) >= 11 is 0. The number of halogens is 1. The Morgan fingerprint density at radius 1 is 1.15 bits per heavy atom. The van der Waals surface area contributed by atoms with Crippen LogP contribution in [0.4, 0.5) is 0 Å². The zero-order valence-corrected chi connectivity index (χ0v) is 17.2. The Kier molecular flexibility index (Phi) is 8.54. The van der Waals surface area contributed by atoms with Crippen molar-refractivity contribution in [3.8, 4) is 0 Å². The molecule has 3 rings (SSSR count). The van der Waals surface area contributed by atoms with Crippen molar-refractivity contribution in [2.75, 3.05) is 26.2 Å². The van der Waals surface area contributed by atoms with Gasteiger partial charge in [0.25, 0.3) is 0 Å². The van der Waals surface area contributed by atoms with Crippen LogP contribution in [0.15, 0.2) is 30.3 Å². The van der Waals surface area contributed by atoms with Crippen molar-refractivity contribution in [1.82, 2.24) is 14.9 Å². The molecular weight excluding hydrogens is 386 g/mol. The number of sulfonamides is 1. The maximum absolute atomic E-state index is 12.6. The van der Waals surface area contributed by atoms with E-state index in [9.17, 15) is 13.2 Å². The van der Waals surface area contributed by atoms with Gasteiger partial charge in [-0.15, -0.1) is 12.4 Å². The fourth-order valence-corrected chi connectivity index (χ4v) is 5.31. The standard InChI is InChI=1S/C19H29N3O3S.ClH/c23-19(7-6-16-8-11-20-14-16)21-18-9-12-22(13-10-18)26(24,25)15-17-4-2-1-3-5-17;/h1-5,16,18,20H,6-15H2,(H,21,23);1H. The molecule has 0 spiro atoms. The summed E-state index contributed by atoms with van der Waals surface area (Å²) in [4.78, 5) is 12.1. The number of piperidine rings is 1. The van der Waals surface area contributed by atoms with Crippen molar-refractivity contribution in [3.05, 3.63) is 35.9 Å². The highest BCUT2D eigenvalue weighted by atomic mass is 35.5. The fourth-order valence-electron chi connectivity index (χ4n) is 3.75. The summed E-state index contributed by atoms with van der Waals surface area (Å²) in [6, 6.07) is 9.36. The zero-order valence-electron chi connectivity index (χ0n) is 15.6. The first-order chi connectivity index (χ1) is 12.5. The van der Waals surface area contributed by atoms with E-state index in [1.54, 1.807) is 4.31 Å². The van der Waals surface area contributed by atoms with E-state index in [2.05, 4.69) is 10.6 Å². The first kappa shape index (κ1) is 22.1. The lowest BCUT2D eigenvalue weighted by Crippen LogP contribution is -2.46. The molecule has 1 atom stereocenters. The van der Waals surface area contributed by atoms with Gasteiger partial charge in [0.2, 0.25) is 15.9 Å². The molecule has 8 heteroatoms. The largest absolute Gasteiger partial charge is 0.353 e. The molecule has 152 valence electrons. The van der Waals surface area contributed by atoms with Gasteiger partial charge < -0.3 is 10.6 Å². The molecular formula is C19H30ClN3O3S. The number of benzene rings is 1. The molecule has 1 aromatic carbocycles. The van der Waals surface area contributed by atoms with Gasteiger partial charge in [-0.25, -0.2) is 12.7 Å². The van der Waals surface area contributed by atoms with Gasteiger partial charge in [-0.2, -0.15) is 0 Å². The van der Waals surface area contributed by atoms with E-state index in [1.807, 2.05) is 30.3 Å². The lowest BCUT2D eigenvalue weighted by Gasteiger charge is -2.31. The Morgan fingerprint density at radius 3 is 2.48 bits per heavy atom. The Morgan fingerprint density at radius 2 is 1.85 bits per heavy atom. The van der Waals surface area contributed by atoms with Gasteiger partial charge in [-0.05, 0) is 50.3 Å². The molecule has 1 amide bonds. The second-order valence-corrected chi connectivity index (χ2v) is 9.35. The van der Waals surface area contributed by atoms with Crippen LogP contribution in [0.3, 0.4) is 0 Å². The van der Waals surface area contributed by atoms with Gasteiger partial charge in [-0.1, -0.05) is 30.3 Å². The van der Waals surface area contributed by atoms with E-state index in [4.69, 9.17) is 0 Å². The summed E-state index contributed by atoms with van der Waals surface area (Å²) in [7, 11) is -3.30. The summed E-state index contributed by atoms with van der Waals surface area (Å²) in [5, 5.41) is 6.40. The van der Waals surface area contributed by atoms with Crippen LogP contribution < -0.4 is 10.6 Å². The third-order valence-corrected chi connectivity index (χ3v) is 7.20. The Balaban J connectivity index is 0.00000261. The molecule has 2 saturated heterocycles. The molecule has 2 heterocycles. The summed E-state index contributed by atoms with van der Waals surface area (Å²) in [5.41, 5.74) is 0.810. The van der Waals surface area contributed by atoms with Crippen molar-refractivity contribution in [2.45, 2.75) is 43.9 Å². The van der Waals surface area contributed by atoms with Crippen LogP contribution in [0.5, 0.6) is 0 Å². The van der Waals surface area contributed by atoms with Crippen molar-refractivity contribution in [2.24, 2.45) is 5.92 Å². The van der Waals surface area contributed by atoms with Gasteiger partial charge in [0, 0.05) is 25.6 Å². The van der Waals surface area contributed by atoms with Crippen molar-refractivity contribution in [3.63, 3.8) is 0 Å². The molecule has 6 nitrogen and oxygen atoms in total. The molecule has 0 saturated carbocycles. The molecule has 0 aromatic heterocycles. The molecule has 0 bridgehead atoms. The highest BCUT2D eigenvalue weighted by Crippen LogP contribution is 2.18. The van der Waals surface area contributed by atoms with Gasteiger partial charge >= 0.3 is 0 Å². The van der Waals surface area contributed by atoms with E-state index in [-0.39, 0.29) is 30.1 Å². The van der Waals surface area contributed by atoms with Gasteiger partial charge in [0.05, 0.1) is 5.75 Å². The van der Waals surface area contributed by atoms with E-state index in [0.29, 0.717) is 38.3 Å². The summed E-state index contributed by atoms with van der Waals surface area (Å²) in [6.45, 7) is 3.03. The van der Waals surface area contributed by atoms with Gasteiger partial charge in [0.15, 0.2) is 0 Å². The average Bonchev–Trinajstić information content (AvgIpc) is 3.14. The van der Waals surface area contributed by atoms with Crippen LogP contribution in [-0.4, -0.2) is 50.9 Å². The lowest BCUT2D eigenvalue weighted by atomic mass is 10.0. The molecule has 2 N–H and O–H groups in total. The second kappa shape index (κ2) is 10.4. The van der Waals surface area contributed by atoms with Gasteiger partial charge in [0.1, 0.15) is 0 Å². The van der Waals surface area contributed by atoms with Crippen LogP contribution in [0.2, 0.25) is 0 Å². The van der Waals surface area contributed by atoms with Crippen LogP contribution in [0.25, 0.3) is 0 Å². The summed E-state index contributed by atoms with van der Waals surface area (Å²) in [6.07, 6.45) is 4.03. The monoisotopic (exact) mass is 415 g/mol. The van der Waals surface area contributed by atoms with E-state index in [0.717, 1.165) is 31.5 Å². The van der Waals surface area contributed by atoms with Crippen molar-refractivity contribution >= 4 is 28.3 Å². The first-order valence-electron chi connectivity index (χ1n) is 9.55. The third kappa shape index (κ3) is 6.75. The van der Waals surface area contributed by atoms with E-state index >= 15 is 0 Å². The van der Waals surface area contributed by atoms with Crippen LogP contribution in [0, 0.1) is 5.92 Å². The lowest BCUT2D eigenvalue weighted by molar-refractivity contribution is -0.122. The average molecular weight is 416 g/mol. The summed E-state index contributed by atoms with van der Waals surface area (Å²) in [5.74, 6) is 0.758. The van der Waals surface area contributed by atoms with Crippen molar-refractivity contribution < 1.29 is 13.2 Å². The minimum atomic E-state index is -3.30. The molecule has 27 heavy (non-hydrogen) atoms. The molecule has 1 aromatic rings. The normalized spacial score (nSPS) is 21.6. The summed E-state index contributed by atoms with van der Waals surface area (Å²) < 4.78 is 26.7. The Bertz CT molecular complexity index is 685. The van der Waals surface area contributed by atoms with Gasteiger partial charge in [-0.3, -0.25) is 4.79 Å². The molecule has 1 unspecified atom stereocenters.